The second-order valence-corrected chi connectivity index (χ2v) is 15.6. The molecule has 0 aromatic heterocycles. The maximum atomic E-state index is 12.7. The number of nitrogens with one attached hydrogen (secondary N) is 1. The highest BCUT2D eigenvalue weighted by molar-refractivity contribution is 7.47. The van der Waals surface area contributed by atoms with Crippen molar-refractivity contribution >= 4 is 13.7 Å². The lowest BCUT2D eigenvalue weighted by Crippen LogP contribution is -2.45. The minimum atomic E-state index is -4.35. The van der Waals surface area contributed by atoms with Crippen LogP contribution in [-0.4, -0.2) is 47.8 Å². The number of carbonyl (C=O) groups excluding carboxylic acids is 1. The zero-order chi connectivity index (χ0) is 38.2. The normalized spacial score (nSPS) is 14.6. The Morgan fingerprint density at radius 3 is 1.65 bits per heavy atom. The number of hydrogen-bond acceptors (Lipinski definition) is 6. The fourth-order valence-electron chi connectivity index (χ4n) is 5.87. The zero-order valence-corrected chi connectivity index (χ0v) is 34.4. The van der Waals surface area contributed by atoms with Gasteiger partial charge in [0, 0.05) is 13.0 Å². The Bertz CT molecular complexity index is 954. The number of hydrogen-bond donors (Lipinski definition) is 4. The minimum absolute atomic E-state index is 0.0702. The maximum absolute atomic E-state index is 12.7. The van der Waals surface area contributed by atoms with Crippen LogP contribution in [0.2, 0.25) is 0 Å². The quantitative estimate of drug-likeness (QED) is 0.0279. The summed E-state index contributed by atoms with van der Waals surface area (Å²) in [5.41, 5.74) is 5.36. The van der Waals surface area contributed by atoms with Crippen molar-refractivity contribution in [1.29, 1.82) is 0 Å². The van der Waals surface area contributed by atoms with E-state index in [2.05, 4.69) is 55.6 Å². The molecule has 304 valence electrons. The van der Waals surface area contributed by atoms with E-state index in [1.54, 1.807) is 6.08 Å². The van der Waals surface area contributed by atoms with Crippen molar-refractivity contribution in [2.45, 2.75) is 199 Å². The van der Waals surface area contributed by atoms with Gasteiger partial charge in [0.05, 0.1) is 25.4 Å². The zero-order valence-electron chi connectivity index (χ0n) is 33.5. The second-order valence-electron chi connectivity index (χ2n) is 14.2. The second kappa shape index (κ2) is 39.2. The van der Waals surface area contributed by atoms with Gasteiger partial charge in [0.2, 0.25) is 5.91 Å². The van der Waals surface area contributed by atoms with E-state index in [4.69, 9.17) is 14.8 Å². The summed E-state index contributed by atoms with van der Waals surface area (Å²) in [6.07, 6.45) is 47.3. The van der Waals surface area contributed by atoms with Gasteiger partial charge < -0.3 is 21.1 Å². The fourth-order valence-corrected chi connectivity index (χ4v) is 6.63. The van der Waals surface area contributed by atoms with Crippen LogP contribution in [0.15, 0.2) is 48.6 Å². The van der Waals surface area contributed by atoms with Crippen molar-refractivity contribution in [3.05, 3.63) is 48.6 Å². The summed E-state index contributed by atoms with van der Waals surface area (Å²) in [6.45, 7) is 4.06. The van der Waals surface area contributed by atoms with Gasteiger partial charge in [0.1, 0.15) is 0 Å². The first-order valence-electron chi connectivity index (χ1n) is 21.3. The Morgan fingerprint density at radius 1 is 0.635 bits per heavy atom. The third kappa shape index (κ3) is 36.8. The number of nitrogens with two attached hydrogens (primary N) is 1. The highest BCUT2D eigenvalue weighted by Crippen LogP contribution is 2.43. The number of rotatable bonds is 39. The average Bonchev–Trinajstić information content (AvgIpc) is 3.13. The van der Waals surface area contributed by atoms with Crippen molar-refractivity contribution in [2.75, 3.05) is 19.8 Å². The van der Waals surface area contributed by atoms with E-state index in [9.17, 15) is 19.4 Å². The van der Waals surface area contributed by atoms with Crippen molar-refractivity contribution < 1.29 is 28.4 Å². The Balaban J connectivity index is 4.30. The minimum Gasteiger partial charge on any atom is -0.387 e. The highest BCUT2D eigenvalue weighted by Gasteiger charge is 2.26. The van der Waals surface area contributed by atoms with Crippen LogP contribution in [0.5, 0.6) is 0 Å². The van der Waals surface area contributed by atoms with Crippen molar-refractivity contribution in [3.8, 4) is 0 Å². The van der Waals surface area contributed by atoms with Crippen LogP contribution >= 0.6 is 7.82 Å². The van der Waals surface area contributed by atoms with Crippen molar-refractivity contribution in [2.24, 2.45) is 5.73 Å². The third-order valence-corrected chi connectivity index (χ3v) is 10.1. The molecule has 0 rings (SSSR count). The van der Waals surface area contributed by atoms with E-state index in [1.165, 1.54) is 103 Å². The van der Waals surface area contributed by atoms with Crippen LogP contribution in [0.3, 0.4) is 0 Å². The van der Waals surface area contributed by atoms with Crippen LogP contribution in [0, 0.1) is 0 Å². The molecule has 0 saturated carbocycles. The molecule has 0 fully saturated rings. The van der Waals surface area contributed by atoms with E-state index in [0.29, 0.717) is 6.42 Å². The lowest BCUT2D eigenvalue weighted by molar-refractivity contribution is -0.123. The van der Waals surface area contributed by atoms with E-state index in [-0.39, 0.29) is 25.7 Å². The smallest absolute Gasteiger partial charge is 0.387 e. The van der Waals surface area contributed by atoms with Gasteiger partial charge in [-0.3, -0.25) is 13.8 Å². The Hall–Kier alpha value is -1.54. The summed E-state index contributed by atoms with van der Waals surface area (Å²) in [6, 6.07) is -0.884. The molecule has 0 bridgehead atoms. The molecule has 8 nitrogen and oxygen atoms in total. The van der Waals surface area contributed by atoms with Crippen LogP contribution in [0.25, 0.3) is 0 Å². The third-order valence-electron chi connectivity index (χ3n) is 9.13. The molecular weight excluding hydrogens is 671 g/mol. The molecule has 9 heteroatoms. The lowest BCUT2D eigenvalue weighted by atomic mass is 10.0. The van der Waals surface area contributed by atoms with E-state index in [0.717, 1.165) is 64.2 Å². The van der Waals surface area contributed by atoms with Gasteiger partial charge in [0.25, 0.3) is 0 Å². The summed E-state index contributed by atoms with van der Waals surface area (Å²) in [4.78, 5) is 22.6. The lowest BCUT2D eigenvalue weighted by Gasteiger charge is -2.23. The summed E-state index contributed by atoms with van der Waals surface area (Å²) in [7, 11) is -4.35. The molecule has 5 N–H and O–H groups in total. The average molecular weight is 753 g/mol. The molecule has 0 aliphatic heterocycles. The fraction of sp³-hybridized carbons (Fsp3) is 0.791. The number of phosphoric ester groups is 1. The summed E-state index contributed by atoms with van der Waals surface area (Å²) >= 11 is 0. The van der Waals surface area contributed by atoms with Crippen molar-refractivity contribution in [1.82, 2.24) is 5.32 Å². The molecule has 0 aromatic rings. The van der Waals surface area contributed by atoms with Gasteiger partial charge in [-0.05, 0) is 57.8 Å². The first-order chi connectivity index (χ1) is 25.4. The number of aliphatic hydroxyl groups excluding tert-OH is 1. The molecule has 3 unspecified atom stereocenters. The van der Waals surface area contributed by atoms with E-state index < -0.39 is 20.0 Å². The molecule has 0 aliphatic rings. The van der Waals surface area contributed by atoms with Gasteiger partial charge in [0.15, 0.2) is 0 Å². The molecule has 0 saturated heterocycles. The topological polar surface area (TPSA) is 131 Å². The van der Waals surface area contributed by atoms with Crippen LogP contribution in [-0.2, 0) is 18.4 Å². The number of allylic oxidation sites excluding steroid dienone is 7. The van der Waals surface area contributed by atoms with Gasteiger partial charge in [-0.2, -0.15) is 0 Å². The predicted molar refractivity (Wildman–Crippen MR) is 221 cm³/mol. The van der Waals surface area contributed by atoms with Gasteiger partial charge in [-0.25, -0.2) is 4.57 Å². The number of carbonyl (C=O) groups is 1. The van der Waals surface area contributed by atoms with E-state index >= 15 is 0 Å². The summed E-state index contributed by atoms with van der Waals surface area (Å²) in [5.74, 6) is -0.220. The van der Waals surface area contributed by atoms with Crippen LogP contribution in [0.1, 0.15) is 187 Å². The molecule has 0 aliphatic carbocycles. The Labute approximate surface area is 320 Å². The van der Waals surface area contributed by atoms with Gasteiger partial charge in [-0.1, -0.05) is 172 Å². The number of amides is 1. The Kier molecular flexibility index (Phi) is 38.0. The number of phosphoric acid groups is 1. The predicted octanol–water partition coefficient (Wildman–Crippen LogP) is 11.7. The highest BCUT2D eigenvalue weighted by atomic mass is 31.2. The molecule has 0 heterocycles. The SMILES string of the molecule is CCCC/C=C\C/C=C\CCCCCCCC(=O)NC(COP(=O)(O)OCCN)C(O)/C=C/CC/C=C/CCCCCCCCCCCCCCC. The Morgan fingerprint density at radius 2 is 1.10 bits per heavy atom. The summed E-state index contributed by atoms with van der Waals surface area (Å²) in [5, 5.41) is 13.6. The summed E-state index contributed by atoms with van der Waals surface area (Å²) < 4.78 is 22.1. The molecule has 0 spiro atoms. The first kappa shape index (κ1) is 50.5. The van der Waals surface area contributed by atoms with Crippen LogP contribution < -0.4 is 11.1 Å². The van der Waals surface area contributed by atoms with E-state index in [1.807, 2.05) is 6.08 Å². The maximum Gasteiger partial charge on any atom is 0.472 e. The van der Waals surface area contributed by atoms with Gasteiger partial charge >= 0.3 is 7.82 Å². The molecule has 0 radical (unpaired) electrons. The monoisotopic (exact) mass is 753 g/mol. The van der Waals surface area contributed by atoms with Gasteiger partial charge in [-0.15, -0.1) is 0 Å². The molecular formula is C43H81N2O6P. The molecule has 1 amide bonds. The molecule has 52 heavy (non-hydrogen) atoms. The van der Waals surface area contributed by atoms with Crippen LogP contribution in [0.4, 0.5) is 0 Å². The first-order valence-corrected chi connectivity index (χ1v) is 22.8. The largest absolute Gasteiger partial charge is 0.472 e. The molecule has 3 atom stereocenters. The molecule has 0 aromatic carbocycles. The number of aliphatic hydroxyl groups is 1. The number of unbranched alkanes of at least 4 members (excludes halogenated alkanes) is 21. The van der Waals surface area contributed by atoms with Crippen molar-refractivity contribution in [3.63, 3.8) is 0 Å². The standard InChI is InChI=1S/C43H81N2O6P/c1-3-5-7-9-11-13-15-17-19-20-21-22-23-24-26-28-30-32-34-36-42(46)41(40-51-52(48,49)50-39-38-44)45-43(47)37-35-33-31-29-27-25-18-16-14-12-10-8-6-4-2/h10,12,16,18,26,28,34,36,41-42,46H,3-9,11,13-15,17,19-25,27,29-33,35,37-40,44H2,1-2H3,(H,45,47)(H,48,49)/b12-10-,18-16-,28-26+,36-34+.